The van der Waals surface area contributed by atoms with Crippen molar-refractivity contribution in [3.05, 3.63) is 107 Å². The smallest absolute Gasteiger partial charge is 0.152 e. The highest BCUT2D eigenvalue weighted by molar-refractivity contribution is 6.30. The lowest BCUT2D eigenvalue weighted by molar-refractivity contribution is 0.244. The minimum absolute atomic E-state index is 0.387. The summed E-state index contributed by atoms with van der Waals surface area (Å²) < 4.78 is 6.38. The van der Waals surface area contributed by atoms with Gasteiger partial charge in [0.1, 0.15) is 11.8 Å². The molecule has 0 saturated heterocycles. The maximum Gasteiger partial charge on any atom is 0.152 e. The molecule has 4 aromatic carbocycles. The molecule has 0 radical (unpaired) electrons. The molecule has 0 spiro atoms. The van der Waals surface area contributed by atoms with E-state index in [1.54, 1.807) is 0 Å². The van der Waals surface area contributed by atoms with Crippen molar-refractivity contribution < 1.29 is 4.74 Å². The fraction of sp³-hybridized carbons (Fsp3) is 0.0385. The Labute approximate surface area is 179 Å². The van der Waals surface area contributed by atoms with E-state index in [1.807, 2.05) is 84.9 Å². The molecule has 3 nitrogen and oxygen atoms in total. The van der Waals surface area contributed by atoms with E-state index < -0.39 is 0 Å². The van der Waals surface area contributed by atoms with E-state index in [1.165, 1.54) is 0 Å². The molecule has 0 fully saturated rings. The SMILES string of the molecule is N#Cc1c(-c2ccc(Cl)cc2)cc2c(c1N)[C@H](c1ccccc1)Oc1ccccc1-2. The molecule has 1 aliphatic rings. The van der Waals surface area contributed by atoms with Crippen LogP contribution < -0.4 is 10.5 Å². The first-order valence-electron chi connectivity index (χ1n) is 9.61. The first kappa shape index (κ1) is 18.3. The number of rotatable bonds is 2. The Hall–Kier alpha value is -3.74. The quantitative estimate of drug-likeness (QED) is 0.379. The summed E-state index contributed by atoms with van der Waals surface area (Å²) in [5.74, 6) is 0.796. The van der Waals surface area contributed by atoms with Gasteiger partial charge in [-0.1, -0.05) is 72.3 Å². The highest BCUT2D eigenvalue weighted by atomic mass is 35.5. The van der Waals surface area contributed by atoms with Crippen LogP contribution in [0.5, 0.6) is 5.75 Å². The zero-order valence-electron chi connectivity index (χ0n) is 16.0. The van der Waals surface area contributed by atoms with Crippen molar-refractivity contribution in [3.8, 4) is 34.1 Å². The van der Waals surface area contributed by atoms with E-state index >= 15 is 0 Å². The predicted molar refractivity (Wildman–Crippen MR) is 120 cm³/mol. The average molecular weight is 409 g/mol. The van der Waals surface area contributed by atoms with Gasteiger partial charge in [-0.2, -0.15) is 5.26 Å². The summed E-state index contributed by atoms with van der Waals surface area (Å²) in [6.07, 6.45) is -0.387. The van der Waals surface area contributed by atoms with Crippen molar-refractivity contribution in [2.45, 2.75) is 6.10 Å². The summed E-state index contributed by atoms with van der Waals surface area (Å²) in [7, 11) is 0. The minimum Gasteiger partial charge on any atom is -0.480 e. The lowest BCUT2D eigenvalue weighted by Gasteiger charge is -2.31. The third-order valence-electron chi connectivity index (χ3n) is 5.46. The van der Waals surface area contributed by atoms with Crippen molar-refractivity contribution in [2.75, 3.05) is 5.73 Å². The van der Waals surface area contributed by atoms with E-state index in [9.17, 15) is 5.26 Å². The molecule has 1 aliphatic heterocycles. The summed E-state index contributed by atoms with van der Waals surface area (Å²) >= 11 is 6.07. The van der Waals surface area contributed by atoms with Gasteiger partial charge in [-0.25, -0.2) is 0 Å². The number of nitrogen functional groups attached to an aromatic ring is 1. The third-order valence-corrected chi connectivity index (χ3v) is 5.71. The van der Waals surface area contributed by atoms with Crippen molar-refractivity contribution in [2.24, 2.45) is 0 Å². The normalized spacial score (nSPS) is 14.2. The zero-order valence-corrected chi connectivity index (χ0v) is 16.7. The number of anilines is 1. The second-order valence-electron chi connectivity index (χ2n) is 7.20. The van der Waals surface area contributed by atoms with Crippen LogP contribution in [0.1, 0.15) is 22.8 Å². The first-order valence-corrected chi connectivity index (χ1v) is 9.98. The van der Waals surface area contributed by atoms with Gasteiger partial charge < -0.3 is 10.5 Å². The third kappa shape index (κ3) is 2.90. The Bertz CT molecular complexity index is 1290. The van der Waals surface area contributed by atoms with Gasteiger partial charge in [0.05, 0.1) is 11.3 Å². The van der Waals surface area contributed by atoms with Gasteiger partial charge in [-0.3, -0.25) is 0 Å². The van der Waals surface area contributed by atoms with Crippen molar-refractivity contribution >= 4 is 17.3 Å². The Morgan fingerprint density at radius 1 is 0.833 bits per heavy atom. The van der Waals surface area contributed by atoms with Crippen molar-refractivity contribution in [3.63, 3.8) is 0 Å². The molecule has 5 rings (SSSR count). The van der Waals surface area contributed by atoms with Gasteiger partial charge in [0.2, 0.25) is 0 Å². The Balaban J connectivity index is 1.83. The number of hydrogen-bond donors (Lipinski definition) is 1. The highest BCUT2D eigenvalue weighted by Crippen LogP contribution is 2.49. The molecule has 0 saturated carbocycles. The number of nitrogens with two attached hydrogens (primary N) is 1. The fourth-order valence-corrected chi connectivity index (χ4v) is 4.17. The highest BCUT2D eigenvalue weighted by Gasteiger charge is 2.31. The topological polar surface area (TPSA) is 59.0 Å². The number of halogens is 1. The molecule has 0 aliphatic carbocycles. The number of nitrogens with zero attached hydrogens (tertiary/aromatic N) is 1. The lowest BCUT2D eigenvalue weighted by Crippen LogP contribution is -2.18. The number of benzene rings is 4. The van der Waals surface area contributed by atoms with E-state index in [2.05, 4.69) is 6.07 Å². The molecule has 4 aromatic rings. The Morgan fingerprint density at radius 2 is 1.53 bits per heavy atom. The van der Waals surface area contributed by atoms with Crippen LogP contribution in [0.25, 0.3) is 22.3 Å². The summed E-state index contributed by atoms with van der Waals surface area (Å²) in [6.45, 7) is 0. The van der Waals surface area contributed by atoms with Crippen LogP contribution in [0.3, 0.4) is 0 Å². The lowest BCUT2D eigenvalue weighted by atomic mass is 9.83. The summed E-state index contributed by atoms with van der Waals surface area (Å²) in [6, 6.07) is 29.7. The zero-order chi connectivity index (χ0) is 20.7. The Morgan fingerprint density at radius 3 is 2.27 bits per heavy atom. The fourth-order valence-electron chi connectivity index (χ4n) is 4.04. The molecule has 1 atom stereocenters. The number of para-hydroxylation sites is 1. The maximum atomic E-state index is 9.97. The first-order chi connectivity index (χ1) is 14.7. The van der Waals surface area contributed by atoms with Crippen LogP contribution in [0.4, 0.5) is 5.69 Å². The van der Waals surface area contributed by atoms with Crippen molar-refractivity contribution in [1.29, 1.82) is 5.26 Å². The van der Waals surface area contributed by atoms with Gasteiger partial charge in [-0.15, -0.1) is 0 Å². The summed E-state index contributed by atoms with van der Waals surface area (Å²) in [4.78, 5) is 0. The Kier molecular flexibility index (Phi) is 4.43. The second kappa shape index (κ2) is 7.26. The van der Waals surface area contributed by atoms with Crippen LogP contribution in [0.15, 0.2) is 84.9 Å². The maximum absolute atomic E-state index is 9.97. The molecule has 30 heavy (non-hydrogen) atoms. The van der Waals surface area contributed by atoms with Crippen LogP contribution in [-0.2, 0) is 0 Å². The van der Waals surface area contributed by atoms with Gasteiger partial charge in [0.15, 0.2) is 6.10 Å². The van der Waals surface area contributed by atoms with Crippen LogP contribution in [-0.4, -0.2) is 0 Å². The average Bonchev–Trinajstić information content (AvgIpc) is 2.79. The van der Waals surface area contributed by atoms with Gasteiger partial charge >= 0.3 is 0 Å². The molecule has 144 valence electrons. The molecule has 0 unspecified atom stereocenters. The summed E-state index contributed by atoms with van der Waals surface area (Å²) in [5.41, 5.74) is 13.0. The van der Waals surface area contributed by atoms with E-state index in [4.69, 9.17) is 22.1 Å². The number of ether oxygens (including phenoxy) is 1. The number of hydrogen-bond acceptors (Lipinski definition) is 3. The molecular weight excluding hydrogens is 392 g/mol. The largest absolute Gasteiger partial charge is 0.480 e. The minimum atomic E-state index is -0.387. The number of fused-ring (bicyclic) bond motifs is 3. The molecule has 4 heteroatoms. The second-order valence-corrected chi connectivity index (χ2v) is 7.63. The number of nitriles is 1. The standard InChI is InChI=1S/C26H17ClN2O/c27-18-12-10-16(11-13-18)20-14-21-19-8-4-5-9-23(19)30-26(17-6-2-1-3-7-17)24(21)25(29)22(20)15-28/h1-14,26H,29H2/t26-/m0/s1. The van der Waals surface area contributed by atoms with Crippen molar-refractivity contribution in [1.82, 2.24) is 0 Å². The van der Waals surface area contributed by atoms with Crippen LogP contribution >= 0.6 is 11.6 Å². The molecule has 1 heterocycles. The molecule has 2 N–H and O–H groups in total. The van der Waals surface area contributed by atoms with Gasteiger partial charge in [0.25, 0.3) is 0 Å². The molecular formula is C26H17ClN2O. The van der Waals surface area contributed by atoms with Gasteiger partial charge in [0, 0.05) is 21.7 Å². The van der Waals surface area contributed by atoms with Crippen LogP contribution in [0, 0.1) is 11.3 Å². The van der Waals surface area contributed by atoms with E-state index in [0.29, 0.717) is 16.3 Å². The molecule has 0 bridgehead atoms. The van der Waals surface area contributed by atoms with Gasteiger partial charge in [-0.05, 0) is 41.0 Å². The predicted octanol–water partition coefficient (Wildman–Crippen LogP) is 6.61. The molecule has 0 aromatic heterocycles. The van der Waals surface area contributed by atoms with E-state index in [-0.39, 0.29) is 6.10 Å². The van der Waals surface area contributed by atoms with E-state index in [0.717, 1.165) is 39.1 Å². The monoisotopic (exact) mass is 408 g/mol. The van der Waals surface area contributed by atoms with Crippen LogP contribution in [0.2, 0.25) is 5.02 Å². The molecule has 0 amide bonds. The summed E-state index contributed by atoms with van der Waals surface area (Å²) in [5, 5.41) is 10.6.